The molecule has 170 valence electrons. The van der Waals surface area contributed by atoms with E-state index in [9.17, 15) is 8.42 Å². The molecular formula is C24H25N5O3S. The highest BCUT2D eigenvalue weighted by molar-refractivity contribution is 7.92. The molecule has 0 saturated carbocycles. The largest absolute Gasteiger partial charge is 0.382 e. The molecule has 0 saturated heterocycles. The van der Waals surface area contributed by atoms with Crippen LogP contribution in [0.2, 0.25) is 0 Å². The Morgan fingerprint density at radius 3 is 2.45 bits per heavy atom. The fourth-order valence-electron chi connectivity index (χ4n) is 3.25. The number of benzene rings is 2. The van der Waals surface area contributed by atoms with Gasteiger partial charge in [-0.1, -0.05) is 41.5 Å². The summed E-state index contributed by atoms with van der Waals surface area (Å²) in [6.07, 6.45) is 1.52. The smallest absolute Gasteiger partial charge is 0.189 e. The average molecular weight is 465 g/mol. The molecule has 0 spiro atoms. The Kier molecular flexibility index (Phi) is 5.89. The summed E-state index contributed by atoms with van der Waals surface area (Å²) < 4.78 is 38.4. The van der Waals surface area contributed by atoms with Crippen molar-refractivity contribution in [1.29, 1.82) is 0 Å². The van der Waals surface area contributed by atoms with Gasteiger partial charge in [-0.3, -0.25) is 0 Å². The third-order valence-corrected chi connectivity index (χ3v) is 7.35. The Labute approximate surface area is 194 Å². The van der Waals surface area contributed by atoms with Crippen LogP contribution in [-0.2, 0) is 16.4 Å². The summed E-state index contributed by atoms with van der Waals surface area (Å²) in [6, 6.07) is 14.1. The average Bonchev–Trinajstić information content (AvgIpc) is 3.31. The first-order chi connectivity index (χ1) is 16.2. The summed E-state index contributed by atoms with van der Waals surface area (Å²) in [7, 11) is -1.53. The van der Waals surface area contributed by atoms with E-state index in [1.807, 2.05) is 19.2 Å². The number of sulfone groups is 1. The van der Waals surface area contributed by atoms with Crippen molar-refractivity contribution in [3.8, 4) is 34.0 Å². The zero-order valence-corrected chi connectivity index (χ0v) is 19.3. The minimum Gasteiger partial charge on any atom is -0.382 e. The minimum atomic E-state index is -3.36. The maximum atomic E-state index is 12.4. The summed E-state index contributed by atoms with van der Waals surface area (Å²) in [6.45, 7) is 3.90. The Balaban J connectivity index is 1.65. The molecule has 4 aromatic rings. The fourth-order valence-corrected chi connectivity index (χ4v) is 4.31. The molecule has 2 heterocycles. The molecule has 0 aliphatic heterocycles. The second kappa shape index (κ2) is 9.13. The molecule has 0 aliphatic rings. The van der Waals surface area contributed by atoms with E-state index in [0.29, 0.717) is 41.0 Å². The molecule has 0 radical (unpaired) electrons. The van der Waals surface area contributed by atoms with Crippen LogP contribution in [0.1, 0.15) is 20.8 Å². The van der Waals surface area contributed by atoms with Gasteiger partial charge in [-0.2, -0.15) is 0 Å². The monoisotopic (exact) mass is 464 g/mol. The van der Waals surface area contributed by atoms with Gasteiger partial charge in [0.05, 0.1) is 23.4 Å². The lowest BCUT2D eigenvalue weighted by Gasteiger charge is -2.09. The van der Waals surface area contributed by atoms with Crippen LogP contribution < -0.4 is 11.1 Å². The zero-order chi connectivity index (χ0) is 24.5. The van der Waals surface area contributed by atoms with Crippen LogP contribution in [-0.4, -0.2) is 35.8 Å². The molecular weight excluding hydrogens is 438 g/mol. The SMILES string of the molecule is [2H]c1cc(-c2cc(-c3nc(-c4ccc(S(=O)(=O)C(C)C)cc4)cnc3N)on2)ccc1CNC. The minimum absolute atomic E-state index is 0.177. The molecule has 2 aromatic heterocycles. The highest BCUT2D eigenvalue weighted by Crippen LogP contribution is 2.30. The van der Waals surface area contributed by atoms with Crippen LogP contribution in [0.15, 0.2) is 70.2 Å². The molecule has 0 fully saturated rings. The third-order valence-electron chi connectivity index (χ3n) is 5.18. The molecule has 0 unspecified atom stereocenters. The number of nitrogens with zero attached hydrogens (tertiary/aromatic N) is 3. The molecule has 33 heavy (non-hydrogen) atoms. The number of hydrogen-bond acceptors (Lipinski definition) is 8. The van der Waals surface area contributed by atoms with E-state index in [0.717, 1.165) is 11.1 Å². The quantitative estimate of drug-likeness (QED) is 0.421. The summed E-state index contributed by atoms with van der Waals surface area (Å²) >= 11 is 0. The van der Waals surface area contributed by atoms with E-state index >= 15 is 0 Å². The lowest BCUT2D eigenvalue weighted by Crippen LogP contribution is -2.13. The summed E-state index contributed by atoms with van der Waals surface area (Å²) in [5.41, 5.74) is 9.76. The Morgan fingerprint density at radius 1 is 1.09 bits per heavy atom. The molecule has 4 rings (SSSR count). The van der Waals surface area contributed by atoms with Crippen molar-refractivity contribution in [1.82, 2.24) is 20.4 Å². The summed E-state index contributed by atoms with van der Waals surface area (Å²) in [4.78, 5) is 9.07. The van der Waals surface area contributed by atoms with Crippen molar-refractivity contribution in [2.75, 3.05) is 12.8 Å². The van der Waals surface area contributed by atoms with Crippen LogP contribution in [0.3, 0.4) is 0 Å². The van der Waals surface area contributed by atoms with Crippen LogP contribution >= 0.6 is 0 Å². The maximum Gasteiger partial charge on any atom is 0.189 e. The van der Waals surface area contributed by atoms with Crippen LogP contribution in [0.25, 0.3) is 34.0 Å². The molecule has 2 aromatic carbocycles. The van der Waals surface area contributed by atoms with Gasteiger partial charge >= 0.3 is 0 Å². The van der Waals surface area contributed by atoms with Gasteiger partial charge in [0.1, 0.15) is 5.69 Å². The lowest BCUT2D eigenvalue weighted by atomic mass is 10.1. The van der Waals surface area contributed by atoms with E-state index in [1.165, 1.54) is 6.20 Å². The Hall–Kier alpha value is -3.56. The number of aromatic nitrogens is 3. The van der Waals surface area contributed by atoms with Gasteiger partial charge in [0.2, 0.25) is 0 Å². The number of anilines is 1. The zero-order valence-electron chi connectivity index (χ0n) is 19.5. The molecule has 9 heteroatoms. The van der Waals surface area contributed by atoms with E-state index in [1.54, 1.807) is 50.2 Å². The van der Waals surface area contributed by atoms with Gasteiger partial charge in [0, 0.05) is 23.7 Å². The number of rotatable bonds is 7. The van der Waals surface area contributed by atoms with Crippen molar-refractivity contribution in [2.45, 2.75) is 30.5 Å². The Morgan fingerprint density at radius 2 is 1.79 bits per heavy atom. The van der Waals surface area contributed by atoms with Gasteiger partial charge in [-0.25, -0.2) is 18.4 Å². The van der Waals surface area contributed by atoms with E-state index < -0.39 is 15.1 Å². The van der Waals surface area contributed by atoms with E-state index in [2.05, 4.69) is 20.4 Å². The first-order valence-electron chi connectivity index (χ1n) is 10.9. The third kappa shape index (κ3) is 4.64. The van der Waals surface area contributed by atoms with Crippen molar-refractivity contribution in [2.24, 2.45) is 0 Å². The van der Waals surface area contributed by atoms with Gasteiger partial charge in [-0.15, -0.1) is 0 Å². The first kappa shape index (κ1) is 21.3. The van der Waals surface area contributed by atoms with Crippen LogP contribution in [0, 0.1) is 0 Å². The van der Waals surface area contributed by atoms with Crippen LogP contribution in [0.5, 0.6) is 0 Å². The van der Waals surface area contributed by atoms with Gasteiger partial charge in [0.15, 0.2) is 27.1 Å². The van der Waals surface area contributed by atoms with Gasteiger partial charge in [-0.05, 0) is 38.6 Å². The summed E-state index contributed by atoms with van der Waals surface area (Å²) in [5.74, 6) is 0.516. The summed E-state index contributed by atoms with van der Waals surface area (Å²) in [5, 5.41) is 6.64. The van der Waals surface area contributed by atoms with Crippen LogP contribution in [0.4, 0.5) is 5.82 Å². The first-order valence-corrected chi connectivity index (χ1v) is 11.9. The maximum absolute atomic E-state index is 12.4. The normalized spacial score (nSPS) is 12.2. The van der Waals surface area contributed by atoms with Crippen molar-refractivity contribution < 1.29 is 14.3 Å². The number of hydrogen-bond donors (Lipinski definition) is 2. The molecule has 0 aliphatic carbocycles. The Bertz CT molecular complexity index is 1430. The molecule has 0 atom stereocenters. The fraction of sp³-hybridized carbons (Fsp3) is 0.208. The molecule has 8 nitrogen and oxygen atoms in total. The topological polar surface area (TPSA) is 124 Å². The predicted molar refractivity (Wildman–Crippen MR) is 128 cm³/mol. The molecule has 0 bridgehead atoms. The number of nitrogen functional groups attached to an aromatic ring is 1. The highest BCUT2D eigenvalue weighted by atomic mass is 32.2. The van der Waals surface area contributed by atoms with E-state index in [4.69, 9.17) is 11.6 Å². The number of nitrogens with one attached hydrogen (secondary N) is 1. The van der Waals surface area contributed by atoms with E-state index in [-0.39, 0.29) is 10.7 Å². The van der Waals surface area contributed by atoms with Gasteiger partial charge in [0.25, 0.3) is 0 Å². The highest BCUT2D eigenvalue weighted by Gasteiger charge is 2.20. The van der Waals surface area contributed by atoms with Gasteiger partial charge < -0.3 is 15.6 Å². The second-order valence-electron chi connectivity index (χ2n) is 7.82. The van der Waals surface area contributed by atoms with Crippen molar-refractivity contribution in [3.63, 3.8) is 0 Å². The van der Waals surface area contributed by atoms with Crippen molar-refractivity contribution in [3.05, 3.63) is 66.3 Å². The molecule has 0 amide bonds. The molecule has 3 N–H and O–H groups in total. The second-order valence-corrected chi connectivity index (χ2v) is 10.3. The predicted octanol–water partition coefficient (Wildman–Crippen LogP) is 3.95. The lowest BCUT2D eigenvalue weighted by molar-refractivity contribution is 0.434. The van der Waals surface area contributed by atoms with Crippen molar-refractivity contribution >= 4 is 15.7 Å². The standard InChI is InChI=1S/C24H25N5O3S/c1-15(2)33(30,31)19-10-8-18(9-11-19)21-14-27-24(25)23(28-21)22-12-20(29-32-22)17-6-4-16(5-7-17)13-26-3/h4-12,14-15,26H,13H2,1-3H3,(H2,25,27)/i4D. The number of nitrogens with two attached hydrogens (primary N) is 1.